The number of rotatable bonds is 6. The van der Waals surface area contributed by atoms with Gasteiger partial charge in [-0.1, -0.05) is 17.7 Å². The largest absolute Gasteiger partial charge is 0.496 e. The molecule has 0 aliphatic carbocycles. The summed E-state index contributed by atoms with van der Waals surface area (Å²) >= 11 is 1.72. The molecule has 0 fully saturated rings. The second kappa shape index (κ2) is 8.68. The van der Waals surface area contributed by atoms with Crippen LogP contribution in [0, 0.1) is 20.8 Å². The number of hydrogen-bond acceptors (Lipinski definition) is 4. The maximum atomic E-state index is 5.42. The lowest BCUT2D eigenvalue weighted by Crippen LogP contribution is -2.37. The number of benzene rings is 1. The predicted octanol–water partition coefficient (Wildman–Crippen LogP) is 2.98. The third-order valence-electron chi connectivity index (χ3n) is 3.83. The molecule has 0 radical (unpaired) electrons. The van der Waals surface area contributed by atoms with Gasteiger partial charge in [0.25, 0.3) is 0 Å². The highest BCUT2D eigenvalue weighted by molar-refractivity contribution is 7.11. The summed E-state index contributed by atoms with van der Waals surface area (Å²) in [5, 5.41) is 7.73. The van der Waals surface area contributed by atoms with Crippen LogP contribution in [0.3, 0.4) is 0 Å². The minimum absolute atomic E-state index is 0.687. The SMILES string of the molecule is CN=C(NCCc1cc(C)ccc1OC)NCc1nc(C)c(C)s1. The molecule has 130 valence electrons. The highest BCUT2D eigenvalue weighted by atomic mass is 32.1. The molecule has 0 bridgehead atoms. The molecule has 0 saturated heterocycles. The molecule has 2 N–H and O–H groups in total. The summed E-state index contributed by atoms with van der Waals surface area (Å²) in [4.78, 5) is 10.1. The topological polar surface area (TPSA) is 58.5 Å². The lowest BCUT2D eigenvalue weighted by atomic mass is 10.1. The molecule has 2 rings (SSSR count). The van der Waals surface area contributed by atoms with E-state index in [1.165, 1.54) is 16.0 Å². The van der Waals surface area contributed by atoms with E-state index in [1.54, 1.807) is 25.5 Å². The van der Waals surface area contributed by atoms with Crippen LogP contribution in [0.25, 0.3) is 0 Å². The molecule has 0 amide bonds. The number of methoxy groups -OCH3 is 1. The molecular weight excluding hydrogens is 320 g/mol. The fourth-order valence-electron chi connectivity index (χ4n) is 2.41. The molecule has 0 atom stereocenters. The fraction of sp³-hybridized carbons (Fsp3) is 0.444. The summed E-state index contributed by atoms with van der Waals surface area (Å²) < 4.78 is 5.42. The average molecular weight is 347 g/mol. The van der Waals surface area contributed by atoms with E-state index in [0.29, 0.717) is 6.54 Å². The Labute approximate surface area is 148 Å². The monoisotopic (exact) mass is 346 g/mol. The van der Waals surface area contributed by atoms with Gasteiger partial charge in [-0.25, -0.2) is 4.98 Å². The van der Waals surface area contributed by atoms with Crippen molar-refractivity contribution < 1.29 is 4.74 Å². The zero-order valence-corrected chi connectivity index (χ0v) is 15.9. The number of aromatic nitrogens is 1. The standard InChI is InChI=1S/C18H26N4OS/c1-12-6-7-16(23-5)15(10-12)8-9-20-18(19-4)21-11-17-22-13(2)14(3)24-17/h6-7,10H,8-9,11H2,1-5H3,(H2,19,20,21). The number of guanidine groups is 1. The molecule has 0 saturated carbocycles. The summed E-state index contributed by atoms with van der Waals surface area (Å²) in [6, 6.07) is 6.25. The Morgan fingerprint density at radius 1 is 1.25 bits per heavy atom. The van der Waals surface area contributed by atoms with Crippen molar-refractivity contribution in [3.05, 3.63) is 44.9 Å². The normalized spacial score (nSPS) is 11.5. The Hall–Kier alpha value is -2.08. The summed E-state index contributed by atoms with van der Waals surface area (Å²) in [5.41, 5.74) is 3.54. The molecule has 5 nitrogen and oxygen atoms in total. The Bertz CT molecular complexity index is 690. The van der Waals surface area contributed by atoms with Gasteiger partial charge in [0.2, 0.25) is 0 Å². The zero-order chi connectivity index (χ0) is 17.5. The lowest BCUT2D eigenvalue weighted by Gasteiger charge is -2.13. The Balaban J connectivity index is 1.84. The Kier molecular flexibility index (Phi) is 6.61. The first-order valence-corrected chi connectivity index (χ1v) is 8.86. The van der Waals surface area contributed by atoms with Crippen LogP contribution in [0.15, 0.2) is 23.2 Å². The van der Waals surface area contributed by atoms with Crippen LogP contribution >= 0.6 is 11.3 Å². The van der Waals surface area contributed by atoms with Crippen LogP contribution < -0.4 is 15.4 Å². The van der Waals surface area contributed by atoms with Crippen LogP contribution in [0.2, 0.25) is 0 Å². The van der Waals surface area contributed by atoms with Gasteiger partial charge in [-0.2, -0.15) is 0 Å². The molecule has 6 heteroatoms. The van der Waals surface area contributed by atoms with Gasteiger partial charge in [0.05, 0.1) is 19.3 Å². The second-order valence-electron chi connectivity index (χ2n) is 5.67. The molecule has 1 aromatic heterocycles. The van der Waals surface area contributed by atoms with Gasteiger partial charge in [-0.05, 0) is 38.8 Å². The maximum Gasteiger partial charge on any atom is 0.191 e. The Morgan fingerprint density at radius 3 is 2.67 bits per heavy atom. The van der Waals surface area contributed by atoms with Gasteiger partial charge in [-0.3, -0.25) is 4.99 Å². The van der Waals surface area contributed by atoms with Crippen molar-refractivity contribution >= 4 is 17.3 Å². The fourth-order valence-corrected chi connectivity index (χ4v) is 3.29. The minimum Gasteiger partial charge on any atom is -0.496 e. The maximum absolute atomic E-state index is 5.42. The van der Waals surface area contributed by atoms with Crippen molar-refractivity contribution in [2.45, 2.75) is 33.7 Å². The van der Waals surface area contributed by atoms with Crippen LogP contribution in [0.5, 0.6) is 5.75 Å². The number of thiazole rings is 1. The van der Waals surface area contributed by atoms with E-state index in [-0.39, 0.29) is 0 Å². The smallest absolute Gasteiger partial charge is 0.191 e. The van der Waals surface area contributed by atoms with Crippen molar-refractivity contribution in [3.8, 4) is 5.75 Å². The number of nitrogens with one attached hydrogen (secondary N) is 2. The van der Waals surface area contributed by atoms with Gasteiger partial charge >= 0.3 is 0 Å². The van der Waals surface area contributed by atoms with Crippen molar-refractivity contribution in [2.75, 3.05) is 20.7 Å². The highest BCUT2D eigenvalue weighted by Gasteiger charge is 2.06. The van der Waals surface area contributed by atoms with Crippen LogP contribution in [0.1, 0.15) is 26.7 Å². The number of aliphatic imine (C=N–C) groups is 1. The molecule has 0 unspecified atom stereocenters. The quantitative estimate of drug-likeness (QED) is 0.624. The predicted molar refractivity (Wildman–Crippen MR) is 101 cm³/mol. The summed E-state index contributed by atoms with van der Waals surface area (Å²) in [6.07, 6.45) is 0.876. The molecule has 24 heavy (non-hydrogen) atoms. The number of ether oxygens (including phenoxy) is 1. The van der Waals surface area contributed by atoms with E-state index in [9.17, 15) is 0 Å². The zero-order valence-electron chi connectivity index (χ0n) is 15.1. The van der Waals surface area contributed by atoms with E-state index in [1.807, 2.05) is 13.0 Å². The third-order valence-corrected chi connectivity index (χ3v) is 4.90. The van der Waals surface area contributed by atoms with Crippen molar-refractivity contribution in [1.29, 1.82) is 0 Å². The molecule has 2 aromatic rings. The lowest BCUT2D eigenvalue weighted by molar-refractivity contribution is 0.409. The van der Waals surface area contributed by atoms with Gasteiger partial charge in [0.15, 0.2) is 5.96 Å². The van der Waals surface area contributed by atoms with E-state index < -0.39 is 0 Å². The molecule has 1 aromatic carbocycles. The highest BCUT2D eigenvalue weighted by Crippen LogP contribution is 2.19. The van der Waals surface area contributed by atoms with Gasteiger partial charge in [0.1, 0.15) is 10.8 Å². The molecule has 0 aliphatic rings. The van der Waals surface area contributed by atoms with Crippen molar-refractivity contribution in [2.24, 2.45) is 4.99 Å². The molecule has 0 spiro atoms. The minimum atomic E-state index is 0.687. The van der Waals surface area contributed by atoms with Crippen LogP contribution in [-0.2, 0) is 13.0 Å². The number of aryl methyl sites for hydroxylation is 3. The summed E-state index contributed by atoms with van der Waals surface area (Å²) in [5.74, 6) is 1.71. The number of hydrogen-bond donors (Lipinski definition) is 2. The van der Waals surface area contributed by atoms with Gasteiger partial charge in [-0.15, -0.1) is 11.3 Å². The first-order valence-electron chi connectivity index (χ1n) is 8.04. The first-order chi connectivity index (χ1) is 11.5. The van der Waals surface area contributed by atoms with Crippen molar-refractivity contribution in [3.63, 3.8) is 0 Å². The average Bonchev–Trinajstić information content (AvgIpc) is 2.89. The second-order valence-corrected chi connectivity index (χ2v) is 6.95. The molecule has 0 aliphatic heterocycles. The third kappa shape index (κ3) is 4.96. The van der Waals surface area contributed by atoms with E-state index in [2.05, 4.69) is 46.6 Å². The van der Waals surface area contributed by atoms with E-state index in [4.69, 9.17) is 4.74 Å². The molecule has 1 heterocycles. The Morgan fingerprint density at radius 2 is 2.04 bits per heavy atom. The van der Waals surface area contributed by atoms with Crippen LogP contribution in [-0.4, -0.2) is 31.6 Å². The van der Waals surface area contributed by atoms with Crippen LogP contribution in [0.4, 0.5) is 0 Å². The molecular formula is C18H26N4OS. The summed E-state index contributed by atoms with van der Waals surface area (Å²) in [6.45, 7) is 7.70. The number of nitrogens with zero attached hydrogens (tertiary/aromatic N) is 2. The van der Waals surface area contributed by atoms with Gasteiger partial charge < -0.3 is 15.4 Å². The van der Waals surface area contributed by atoms with E-state index >= 15 is 0 Å². The van der Waals surface area contributed by atoms with Crippen molar-refractivity contribution in [1.82, 2.24) is 15.6 Å². The van der Waals surface area contributed by atoms with E-state index in [0.717, 1.165) is 35.4 Å². The first kappa shape index (κ1) is 18.3. The summed E-state index contributed by atoms with van der Waals surface area (Å²) in [7, 11) is 3.49. The van der Waals surface area contributed by atoms with Gasteiger partial charge in [0, 0.05) is 18.5 Å².